The normalized spacial score (nSPS) is 18.8. The molecule has 0 unspecified atom stereocenters. The molecule has 1 aliphatic rings. The summed E-state index contributed by atoms with van der Waals surface area (Å²) in [5.41, 5.74) is 6.23. The molecule has 34 heavy (non-hydrogen) atoms. The fourth-order valence-corrected chi connectivity index (χ4v) is 4.62. The molecule has 0 spiro atoms. The van der Waals surface area contributed by atoms with Crippen LogP contribution in [-0.2, 0) is 16.1 Å². The van der Waals surface area contributed by atoms with Crippen molar-refractivity contribution in [2.45, 2.75) is 51.4 Å². The number of hydrogen-bond donors (Lipinski definition) is 2. The number of aromatic nitrogens is 3. The van der Waals surface area contributed by atoms with E-state index in [1.54, 1.807) is 25.1 Å². The van der Waals surface area contributed by atoms with Crippen molar-refractivity contribution < 1.29 is 18.8 Å². The molecule has 9 nitrogen and oxygen atoms in total. The zero-order valence-corrected chi connectivity index (χ0v) is 19.4. The summed E-state index contributed by atoms with van der Waals surface area (Å²) in [5.74, 6) is -2.02. The summed E-state index contributed by atoms with van der Waals surface area (Å²) in [4.78, 5) is 43.7. The predicted octanol–water partition coefficient (Wildman–Crippen LogP) is 2.58. The Labute approximate surface area is 200 Å². The van der Waals surface area contributed by atoms with Crippen LogP contribution in [0.15, 0.2) is 36.7 Å². The molecule has 1 aliphatic heterocycles. The van der Waals surface area contributed by atoms with Crippen molar-refractivity contribution >= 4 is 40.2 Å². The maximum atomic E-state index is 14.4. The van der Waals surface area contributed by atoms with E-state index in [1.807, 2.05) is 6.92 Å². The smallest absolute Gasteiger partial charge is 0.269 e. The zero-order chi connectivity index (χ0) is 24.6. The van der Waals surface area contributed by atoms with Gasteiger partial charge in [0.2, 0.25) is 11.8 Å². The highest BCUT2D eigenvalue weighted by Crippen LogP contribution is 2.28. The summed E-state index contributed by atoms with van der Waals surface area (Å²) >= 11 is 5.86. The van der Waals surface area contributed by atoms with E-state index >= 15 is 0 Å². The summed E-state index contributed by atoms with van der Waals surface area (Å²) in [7, 11) is 0. The van der Waals surface area contributed by atoms with Crippen molar-refractivity contribution in [3.05, 3.63) is 58.8 Å². The van der Waals surface area contributed by atoms with Crippen LogP contribution >= 0.6 is 11.6 Å². The number of nitrogens with zero attached hydrogens (tertiary/aromatic N) is 4. The van der Waals surface area contributed by atoms with Crippen molar-refractivity contribution in [3.63, 3.8) is 0 Å². The van der Waals surface area contributed by atoms with Crippen molar-refractivity contribution in [1.82, 2.24) is 25.0 Å². The van der Waals surface area contributed by atoms with E-state index in [1.165, 1.54) is 28.0 Å². The van der Waals surface area contributed by atoms with Crippen molar-refractivity contribution in [3.8, 4) is 0 Å². The number of benzene rings is 1. The van der Waals surface area contributed by atoms with E-state index in [0.29, 0.717) is 23.7 Å². The summed E-state index contributed by atoms with van der Waals surface area (Å²) < 4.78 is 15.7. The molecular weight excluding hydrogens is 463 g/mol. The number of nitrogens with two attached hydrogens (primary N) is 1. The topological polar surface area (TPSA) is 123 Å². The molecule has 178 valence electrons. The van der Waals surface area contributed by atoms with Crippen LogP contribution in [0.2, 0.25) is 5.02 Å². The number of likely N-dealkylation sites (tertiary alicyclic amines) is 1. The van der Waals surface area contributed by atoms with Gasteiger partial charge in [0.15, 0.2) is 5.69 Å². The lowest BCUT2D eigenvalue weighted by Crippen LogP contribution is -2.49. The highest BCUT2D eigenvalue weighted by molar-refractivity contribution is 6.30. The van der Waals surface area contributed by atoms with Gasteiger partial charge < -0.3 is 16.0 Å². The van der Waals surface area contributed by atoms with Gasteiger partial charge in [0, 0.05) is 23.2 Å². The summed E-state index contributed by atoms with van der Waals surface area (Å²) in [6, 6.07) is 4.67. The maximum Gasteiger partial charge on any atom is 0.269 e. The second kappa shape index (κ2) is 9.38. The first-order valence-electron chi connectivity index (χ1n) is 10.8. The molecule has 4 rings (SSSR count). The number of fused-ring (bicyclic) bond motifs is 1. The Hall–Kier alpha value is -3.53. The third kappa shape index (κ3) is 4.33. The Morgan fingerprint density at radius 3 is 2.79 bits per heavy atom. The second-order valence-corrected chi connectivity index (χ2v) is 8.79. The molecule has 1 aromatic carbocycles. The molecule has 3 N–H and O–H groups in total. The number of carbonyl (C=O) groups excluding carboxylic acids is 3. The first-order valence-corrected chi connectivity index (χ1v) is 11.2. The van der Waals surface area contributed by atoms with Gasteiger partial charge in [0.05, 0.1) is 22.8 Å². The number of carbonyl (C=O) groups is 3. The number of hydrogen-bond acceptors (Lipinski definition) is 5. The second-order valence-electron chi connectivity index (χ2n) is 8.38. The summed E-state index contributed by atoms with van der Waals surface area (Å²) in [6.45, 7) is 3.33. The number of pyridine rings is 1. The number of primary amides is 1. The Morgan fingerprint density at radius 2 is 2.06 bits per heavy atom. The molecule has 0 saturated carbocycles. The lowest BCUT2D eigenvalue weighted by molar-refractivity contribution is -0.141. The van der Waals surface area contributed by atoms with E-state index < -0.39 is 23.8 Å². The molecule has 0 bridgehead atoms. The predicted molar refractivity (Wildman–Crippen MR) is 123 cm³/mol. The Morgan fingerprint density at radius 1 is 1.29 bits per heavy atom. The van der Waals surface area contributed by atoms with Crippen molar-refractivity contribution in [2.24, 2.45) is 5.73 Å². The molecule has 3 atom stereocenters. The van der Waals surface area contributed by atoms with Gasteiger partial charge in [-0.05, 0) is 38.8 Å². The minimum atomic E-state index is -0.720. The third-order valence-corrected chi connectivity index (χ3v) is 6.43. The van der Waals surface area contributed by atoms with Gasteiger partial charge in [-0.3, -0.25) is 24.0 Å². The highest BCUT2D eigenvalue weighted by atomic mass is 35.5. The van der Waals surface area contributed by atoms with Crippen LogP contribution < -0.4 is 11.1 Å². The lowest BCUT2D eigenvalue weighted by atomic mass is 10.1. The van der Waals surface area contributed by atoms with Crippen LogP contribution in [0.25, 0.3) is 10.9 Å². The monoisotopic (exact) mass is 486 g/mol. The fraction of sp³-hybridized carbons (Fsp3) is 0.348. The summed E-state index contributed by atoms with van der Waals surface area (Å²) in [6.07, 6.45) is 4.12. The van der Waals surface area contributed by atoms with Gasteiger partial charge in [-0.2, -0.15) is 5.10 Å². The zero-order valence-electron chi connectivity index (χ0n) is 18.7. The molecule has 2 aromatic heterocycles. The van der Waals surface area contributed by atoms with E-state index in [9.17, 15) is 18.8 Å². The molecule has 3 amide bonds. The van der Waals surface area contributed by atoms with E-state index in [4.69, 9.17) is 17.3 Å². The standard InChI is InChI=1S/C23H24ClFN6O3/c1-12-6-7-17(23(34)28-13(2)14-4-3-5-16(24)20(14)25)31(12)19(32)11-30-18-10-27-9-8-15(18)21(29-30)22(26)33/h3-5,8-10,12-13,17H,6-7,11H2,1-2H3,(H2,26,33)(H,28,34)/t12-,13+,17+/m1/s1. The van der Waals surface area contributed by atoms with Gasteiger partial charge in [-0.25, -0.2) is 4.39 Å². The van der Waals surface area contributed by atoms with Crippen molar-refractivity contribution in [1.29, 1.82) is 0 Å². The minimum Gasteiger partial charge on any atom is -0.364 e. The van der Waals surface area contributed by atoms with E-state index in [0.717, 1.165) is 0 Å². The first-order chi connectivity index (χ1) is 16.2. The number of amides is 3. The highest BCUT2D eigenvalue weighted by Gasteiger charge is 2.39. The molecule has 1 saturated heterocycles. The Bertz CT molecular complexity index is 1280. The molecule has 3 heterocycles. The fourth-order valence-electron chi connectivity index (χ4n) is 4.44. The van der Waals surface area contributed by atoms with Gasteiger partial charge in [0.1, 0.15) is 18.4 Å². The van der Waals surface area contributed by atoms with Gasteiger partial charge in [-0.15, -0.1) is 0 Å². The Kier molecular flexibility index (Phi) is 6.52. The number of nitrogens with one attached hydrogen (secondary N) is 1. The van der Waals surface area contributed by atoms with Crippen molar-refractivity contribution in [2.75, 3.05) is 0 Å². The van der Waals surface area contributed by atoms with Crippen LogP contribution in [0.1, 0.15) is 48.8 Å². The molecule has 0 radical (unpaired) electrons. The van der Waals surface area contributed by atoms with Gasteiger partial charge in [-0.1, -0.05) is 23.7 Å². The Balaban J connectivity index is 1.54. The average Bonchev–Trinajstić information content (AvgIpc) is 3.36. The number of rotatable bonds is 6. The first kappa shape index (κ1) is 23.6. The molecule has 1 fully saturated rings. The summed E-state index contributed by atoms with van der Waals surface area (Å²) in [5, 5.41) is 7.47. The molecular formula is C23H24ClFN6O3. The number of halogens is 2. The lowest BCUT2D eigenvalue weighted by Gasteiger charge is -2.29. The van der Waals surface area contributed by atoms with Crippen LogP contribution in [0.4, 0.5) is 4.39 Å². The van der Waals surface area contributed by atoms with E-state index in [-0.39, 0.29) is 40.7 Å². The van der Waals surface area contributed by atoms with Gasteiger partial charge in [0.25, 0.3) is 5.91 Å². The van der Waals surface area contributed by atoms with Crippen LogP contribution in [0.5, 0.6) is 0 Å². The third-order valence-electron chi connectivity index (χ3n) is 6.14. The van der Waals surface area contributed by atoms with E-state index in [2.05, 4.69) is 15.4 Å². The quantitative estimate of drug-likeness (QED) is 0.554. The van der Waals surface area contributed by atoms with Crippen LogP contribution in [0.3, 0.4) is 0 Å². The van der Waals surface area contributed by atoms with Crippen LogP contribution in [0, 0.1) is 5.82 Å². The molecule has 0 aliphatic carbocycles. The molecule has 11 heteroatoms. The van der Waals surface area contributed by atoms with Crippen LogP contribution in [-0.4, -0.2) is 49.5 Å². The minimum absolute atomic E-state index is 0.0267. The average molecular weight is 487 g/mol. The SMILES string of the molecule is C[C@H](NC(=O)[C@@H]1CC[C@@H](C)N1C(=O)Cn1nc(C(N)=O)c2ccncc21)c1cccc(Cl)c1F. The maximum absolute atomic E-state index is 14.4. The largest absolute Gasteiger partial charge is 0.364 e. The molecule has 3 aromatic rings. The van der Waals surface area contributed by atoms with Gasteiger partial charge >= 0.3 is 0 Å².